The molecule has 1 aromatic carbocycles. The van der Waals surface area contributed by atoms with Gasteiger partial charge in [0.05, 0.1) is 0 Å². The van der Waals surface area contributed by atoms with Crippen LogP contribution in [0, 0.1) is 0 Å². The maximum Gasteiger partial charge on any atom is 0.223 e. The highest BCUT2D eigenvalue weighted by atomic mass is 16.4. The standard InChI is InChI=1S/C20H18N4O2/c21-13-5-1-11(2-6-13)19-23-15-9-16-18(10-17(15)25-19)26-20(24-16)12-3-7-14(22)8-4-12/h1,3,5,7,9-10H,2,4,6,8,21-22H2. The SMILES string of the molecule is NC1=CC=C(c2nc3cc4nc(C5=CC=C(N)CC5)oc4cc3o2)CC1. The van der Waals surface area contributed by atoms with E-state index in [9.17, 15) is 0 Å². The lowest BCUT2D eigenvalue weighted by atomic mass is 10.0. The van der Waals surface area contributed by atoms with Gasteiger partial charge in [0.15, 0.2) is 11.2 Å². The number of fused-ring (bicyclic) bond motifs is 2. The number of allylic oxidation sites excluding steroid dienone is 8. The normalized spacial score (nSPS) is 17.8. The van der Waals surface area contributed by atoms with Gasteiger partial charge < -0.3 is 20.3 Å². The molecule has 0 aliphatic heterocycles. The van der Waals surface area contributed by atoms with Crippen molar-refractivity contribution in [2.24, 2.45) is 11.5 Å². The van der Waals surface area contributed by atoms with Gasteiger partial charge in [-0.05, 0) is 43.9 Å². The minimum atomic E-state index is 0.632. The van der Waals surface area contributed by atoms with Gasteiger partial charge in [0, 0.05) is 28.6 Å². The Labute approximate surface area is 149 Å². The monoisotopic (exact) mass is 346 g/mol. The first-order valence-corrected chi connectivity index (χ1v) is 8.68. The smallest absolute Gasteiger partial charge is 0.223 e. The van der Waals surface area contributed by atoms with E-state index in [0.717, 1.165) is 59.3 Å². The van der Waals surface area contributed by atoms with Crippen LogP contribution >= 0.6 is 0 Å². The minimum absolute atomic E-state index is 0.632. The molecular weight excluding hydrogens is 328 g/mol. The molecule has 6 heteroatoms. The van der Waals surface area contributed by atoms with E-state index < -0.39 is 0 Å². The molecule has 6 nitrogen and oxygen atoms in total. The maximum absolute atomic E-state index is 5.94. The second kappa shape index (κ2) is 5.62. The molecule has 0 spiro atoms. The molecule has 0 atom stereocenters. The molecule has 5 rings (SSSR count). The van der Waals surface area contributed by atoms with Crippen LogP contribution in [0.3, 0.4) is 0 Å². The molecule has 0 amide bonds. The Morgan fingerprint density at radius 3 is 1.58 bits per heavy atom. The highest BCUT2D eigenvalue weighted by Gasteiger charge is 2.17. The number of hydrogen-bond acceptors (Lipinski definition) is 6. The van der Waals surface area contributed by atoms with Crippen molar-refractivity contribution in [3.8, 4) is 0 Å². The molecule has 2 aliphatic carbocycles. The van der Waals surface area contributed by atoms with Crippen LogP contribution in [-0.4, -0.2) is 9.97 Å². The fourth-order valence-corrected chi connectivity index (χ4v) is 3.29. The first-order valence-electron chi connectivity index (χ1n) is 8.68. The highest BCUT2D eigenvalue weighted by Crippen LogP contribution is 2.32. The van der Waals surface area contributed by atoms with Gasteiger partial charge in [0.2, 0.25) is 11.8 Å². The lowest BCUT2D eigenvalue weighted by Crippen LogP contribution is -2.01. The molecule has 130 valence electrons. The lowest BCUT2D eigenvalue weighted by molar-refractivity contribution is 0.570. The molecular formula is C20H18N4O2. The average Bonchev–Trinajstić information content (AvgIpc) is 3.23. The van der Waals surface area contributed by atoms with Crippen LogP contribution in [0.1, 0.15) is 37.5 Å². The third-order valence-corrected chi connectivity index (χ3v) is 4.81. The third-order valence-electron chi connectivity index (χ3n) is 4.81. The van der Waals surface area contributed by atoms with Crippen LogP contribution in [0.2, 0.25) is 0 Å². The molecule has 0 saturated carbocycles. The molecule has 2 aromatic heterocycles. The number of nitrogens with two attached hydrogens (primary N) is 2. The van der Waals surface area contributed by atoms with Crippen molar-refractivity contribution in [2.75, 3.05) is 0 Å². The summed E-state index contributed by atoms with van der Waals surface area (Å²) in [6.07, 6.45) is 11.1. The van der Waals surface area contributed by atoms with Gasteiger partial charge in [0.25, 0.3) is 0 Å². The van der Waals surface area contributed by atoms with Gasteiger partial charge in [0.1, 0.15) is 11.0 Å². The van der Waals surface area contributed by atoms with Gasteiger partial charge in [-0.2, -0.15) is 0 Å². The molecule has 2 heterocycles. The van der Waals surface area contributed by atoms with E-state index in [-0.39, 0.29) is 0 Å². The summed E-state index contributed by atoms with van der Waals surface area (Å²) < 4.78 is 11.9. The summed E-state index contributed by atoms with van der Waals surface area (Å²) in [6, 6.07) is 3.77. The Hall–Kier alpha value is -3.28. The number of hydrogen-bond donors (Lipinski definition) is 2. The zero-order valence-electron chi connectivity index (χ0n) is 14.2. The Bertz CT molecular complexity index is 1020. The Morgan fingerprint density at radius 1 is 0.654 bits per heavy atom. The van der Waals surface area contributed by atoms with Crippen LogP contribution in [0.5, 0.6) is 0 Å². The van der Waals surface area contributed by atoms with Crippen LogP contribution in [-0.2, 0) is 0 Å². The van der Waals surface area contributed by atoms with Crippen molar-refractivity contribution in [1.82, 2.24) is 9.97 Å². The molecule has 0 fully saturated rings. The predicted molar refractivity (Wildman–Crippen MR) is 101 cm³/mol. The van der Waals surface area contributed by atoms with Crippen molar-refractivity contribution in [3.63, 3.8) is 0 Å². The van der Waals surface area contributed by atoms with E-state index >= 15 is 0 Å². The molecule has 2 aliphatic rings. The molecule has 0 unspecified atom stereocenters. The lowest BCUT2D eigenvalue weighted by Gasteiger charge is -2.08. The summed E-state index contributed by atoms with van der Waals surface area (Å²) >= 11 is 0. The summed E-state index contributed by atoms with van der Waals surface area (Å²) in [5.41, 5.74) is 18.4. The van der Waals surface area contributed by atoms with Gasteiger partial charge >= 0.3 is 0 Å². The largest absolute Gasteiger partial charge is 0.436 e. The van der Waals surface area contributed by atoms with Crippen LogP contribution < -0.4 is 11.5 Å². The molecule has 3 aromatic rings. The number of oxazole rings is 2. The summed E-state index contributed by atoms with van der Waals surface area (Å²) in [5.74, 6) is 1.26. The summed E-state index contributed by atoms with van der Waals surface area (Å²) in [5, 5.41) is 0. The van der Waals surface area contributed by atoms with E-state index in [2.05, 4.69) is 9.97 Å². The minimum Gasteiger partial charge on any atom is -0.436 e. The first-order chi connectivity index (χ1) is 12.7. The van der Waals surface area contributed by atoms with Crippen molar-refractivity contribution < 1.29 is 8.83 Å². The second-order valence-corrected chi connectivity index (χ2v) is 6.69. The number of rotatable bonds is 2. The third kappa shape index (κ3) is 2.50. The van der Waals surface area contributed by atoms with Gasteiger partial charge in [-0.3, -0.25) is 0 Å². The Balaban J connectivity index is 1.55. The maximum atomic E-state index is 5.94. The zero-order chi connectivity index (χ0) is 17.7. The van der Waals surface area contributed by atoms with E-state index in [1.807, 2.05) is 36.4 Å². The molecule has 0 radical (unpaired) electrons. The summed E-state index contributed by atoms with van der Waals surface area (Å²) in [7, 11) is 0. The molecule has 4 N–H and O–H groups in total. The topological polar surface area (TPSA) is 104 Å². The van der Waals surface area contributed by atoms with E-state index in [0.29, 0.717) is 22.9 Å². The fraction of sp³-hybridized carbons (Fsp3) is 0.200. The first kappa shape index (κ1) is 15.0. The predicted octanol–water partition coefficient (Wildman–Crippen LogP) is 4.01. The van der Waals surface area contributed by atoms with E-state index in [1.165, 1.54) is 0 Å². The molecule has 0 saturated heterocycles. The van der Waals surface area contributed by atoms with Crippen LogP contribution in [0.15, 0.2) is 56.7 Å². The Kier molecular flexibility index (Phi) is 3.25. The number of nitrogens with zero attached hydrogens (tertiary/aromatic N) is 2. The van der Waals surface area contributed by atoms with E-state index in [1.54, 1.807) is 0 Å². The van der Waals surface area contributed by atoms with Crippen molar-refractivity contribution in [1.29, 1.82) is 0 Å². The molecule has 0 bridgehead atoms. The van der Waals surface area contributed by atoms with Crippen molar-refractivity contribution in [2.45, 2.75) is 25.7 Å². The van der Waals surface area contributed by atoms with Crippen molar-refractivity contribution >= 4 is 33.3 Å². The van der Waals surface area contributed by atoms with Crippen molar-refractivity contribution in [3.05, 3.63) is 59.6 Å². The quantitative estimate of drug-likeness (QED) is 0.726. The van der Waals surface area contributed by atoms with Crippen LogP contribution in [0.25, 0.3) is 33.3 Å². The second-order valence-electron chi connectivity index (χ2n) is 6.69. The van der Waals surface area contributed by atoms with Gasteiger partial charge in [-0.1, -0.05) is 12.2 Å². The summed E-state index contributed by atoms with van der Waals surface area (Å²) in [4.78, 5) is 9.23. The molecule has 26 heavy (non-hydrogen) atoms. The fourth-order valence-electron chi connectivity index (χ4n) is 3.29. The average molecular weight is 346 g/mol. The Morgan fingerprint density at radius 2 is 1.15 bits per heavy atom. The number of benzene rings is 1. The zero-order valence-corrected chi connectivity index (χ0v) is 14.2. The van der Waals surface area contributed by atoms with Gasteiger partial charge in [-0.25, -0.2) is 9.97 Å². The summed E-state index contributed by atoms with van der Waals surface area (Å²) in [6.45, 7) is 0. The van der Waals surface area contributed by atoms with E-state index in [4.69, 9.17) is 20.3 Å². The van der Waals surface area contributed by atoms with Crippen LogP contribution in [0.4, 0.5) is 0 Å². The highest BCUT2D eigenvalue weighted by molar-refractivity contribution is 5.90. The number of aromatic nitrogens is 2. The van der Waals surface area contributed by atoms with Gasteiger partial charge in [-0.15, -0.1) is 0 Å².